The number of likely N-dealkylation sites (N-methyl/N-ethyl adjacent to an activating group) is 1. The molecule has 2 aromatic carbocycles. The number of nitrogens with zero attached hydrogens (tertiary/aromatic N) is 3. The summed E-state index contributed by atoms with van der Waals surface area (Å²) in [6.07, 6.45) is 2.97. The molecule has 0 bridgehead atoms. The Morgan fingerprint density at radius 1 is 0.961 bits per heavy atom. The first-order valence-corrected chi connectivity index (χ1v) is 18.9. The fourth-order valence-electron chi connectivity index (χ4n) is 5.04. The Hall–Kier alpha value is -4.17. The first kappa shape index (κ1) is 41.3. The molecule has 0 aliphatic carbocycles. The lowest BCUT2D eigenvalue weighted by atomic mass is 9.94. The van der Waals surface area contributed by atoms with E-state index in [0.717, 1.165) is 33.8 Å². The second-order valence-electron chi connectivity index (χ2n) is 13.0. The van der Waals surface area contributed by atoms with E-state index in [1.54, 1.807) is 30.1 Å². The maximum Gasteiger partial charge on any atom is 0.407 e. The Morgan fingerprint density at radius 3 is 2.14 bits per heavy atom. The van der Waals surface area contributed by atoms with Gasteiger partial charge >= 0.3 is 12.1 Å². The van der Waals surface area contributed by atoms with Crippen molar-refractivity contribution in [2.24, 2.45) is 5.92 Å². The zero-order valence-corrected chi connectivity index (χ0v) is 32.0. The summed E-state index contributed by atoms with van der Waals surface area (Å²) >= 11 is 3.04. The molecule has 276 valence electrons. The van der Waals surface area contributed by atoms with Gasteiger partial charge in [0.1, 0.15) is 12.9 Å². The third-order valence-electron chi connectivity index (χ3n) is 8.12. The van der Waals surface area contributed by atoms with Gasteiger partial charge in [-0.15, -0.1) is 22.7 Å². The number of amides is 3. The van der Waals surface area contributed by atoms with E-state index in [4.69, 9.17) is 4.74 Å². The summed E-state index contributed by atoms with van der Waals surface area (Å²) in [7, 11) is 3.59. The highest BCUT2D eigenvalue weighted by Gasteiger charge is 2.25. The van der Waals surface area contributed by atoms with Gasteiger partial charge in [0.05, 0.1) is 45.8 Å². The molecule has 0 saturated carbocycles. The van der Waals surface area contributed by atoms with E-state index in [2.05, 4.69) is 51.9 Å². The number of aromatic nitrogens is 2. The quantitative estimate of drug-likeness (QED) is 0.0940. The van der Waals surface area contributed by atoms with Gasteiger partial charge in [-0.05, 0) is 43.4 Å². The van der Waals surface area contributed by atoms with Crippen LogP contribution in [0.4, 0.5) is 9.59 Å². The monoisotopic (exact) mass is 736 g/mol. The lowest BCUT2D eigenvalue weighted by Crippen LogP contribution is -2.47. The van der Waals surface area contributed by atoms with Gasteiger partial charge in [0.2, 0.25) is 0 Å². The number of benzene rings is 2. The first-order chi connectivity index (χ1) is 24.5. The van der Waals surface area contributed by atoms with Gasteiger partial charge in [0.25, 0.3) is 0 Å². The Labute approximate surface area is 309 Å². The molecule has 13 heteroatoms. The minimum Gasteiger partial charge on any atom is -0.444 e. The Bertz CT molecular complexity index is 1570. The number of carbonyl (C=O) groups excluding carboxylic acids is 3. The van der Waals surface area contributed by atoms with E-state index in [9.17, 15) is 19.5 Å². The van der Waals surface area contributed by atoms with Crippen molar-refractivity contribution in [2.45, 2.75) is 90.3 Å². The van der Waals surface area contributed by atoms with Crippen LogP contribution >= 0.6 is 22.7 Å². The van der Waals surface area contributed by atoms with Crippen molar-refractivity contribution in [3.05, 3.63) is 104 Å². The number of aldehydes is 1. The predicted molar refractivity (Wildman–Crippen MR) is 204 cm³/mol. The lowest BCUT2D eigenvalue weighted by Gasteiger charge is -2.27. The highest BCUT2D eigenvalue weighted by atomic mass is 32.1. The van der Waals surface area contributed by atoms with Crippen LogP contribution in [0.3, 0.4) is 0 Å². The molecule has 2 aromatic heterocycles. The third kappa shape index (κ3) is 14.9. The first-order valence-electron chi connectivity index (χ1n) is 17.1. The molecule has 0 aliphatic rings. The number of ether oxygens (including phenoxy) is 1. The van der Waals surface area contributed by atoms with E-state index >= 15 is 0 Å². The number of rotatable bonds is 17. The molecular formula is C38H52N6O5S2. The van der Waals surface area contributed by atoms with Gasteiger partial charge in [-0.2, -0.15) is 0 Å². The lowest BCUT2D eigenvalue weighted by molar-refractivity contribution is -0.110. The fraction of sp³-hybridized carbons (Fsp3) is 0.447. The number of carbonyl (C=O) groups is 3. The van der Waals surface area contributed by atoms with Crippen molar-refractivity contribution < 1.29 is 24.2 Å². The van der Waals surface area contributed by atoms with Crippen LogP contribution in [0, 0.1) is 5.92 Å². The minimum atomic E-state index is -0.739. The Kier molecular flexibility index (Phi) is 17.7. The van der Waals surface area contributed by atoms with Gasteiger partial charge in [0, 0.05) is 30.6 Å². The van der Waals surface area contributed by atoms with Crippen LogP contribution in [0.25, 0.3) is 0 Å². The smallest absolute Gasteiger partial charge is 0.407 e. The van der Waals surface area contributed by atoms with Gasteiger partial charge in [-0.25, -0.2) is 14.6 Å². The molecule has 4 aromatic rings. The molecule has 3 amide bonds. The average molecular weight is 737 g/mol. The number of urea groups is 1. The molecule has 1 unspecified atom stereocenters. The molecular weight excluding hydrogens is 685 g/mol. The molecule has 2 heterocycles. The molecule has 11 nitrogen and oxygen atoms in total. The van der Waals surface area contributed by atoms with E-state index in [1.165, 1.54) is 21.8 Å². The third-order valence-corrected chi connectivity index (χ3v) is 10.1. The maximum atomic E-state index is 12.4. The average Bonchev–Trinajstić information content (AvgIpc) is 3.83. The second-order valence-corrected chi connectivity index (χ2v) is 14.9. The fourth-order valence-corrected chi connectivity index (χ4v) is 6.37. The van der Waals surface area contributed by atoms with Crippen molar-refractivity contribution >= 4 is 41.1 Å². The highest BCUT2D eigenvalue weighted by Crippen LogP contribution is 2.20. The molecule has 0 fully saturated rings. The van der Waals surface area contributed by atoms with Crippen molar-refractivity contribution in [2.75, 3.05) is 14.1 Å². The number of nitrogens with one attached hydrogen (secondary N) is 3. The van der Waals surface area contributed by atoms with Crippen LogP contribution in [0.15, 0.2) is 77.8 Å². The van der Waals surface area contributed by atoms with Gasteiger partial charge < -0.3 is 35.5 Å². The van der Waals surface area contributed by atoms with Gasteiger partial charge in [-0.3, -0.25) is 4.98 Å². The molecule has 0 aliphatic heterocycles. The van der Waals surface area contributed by atoms with E-state index < -0.39 is 24.3 Å². The second kappa shape index (κ2) is 21.9. The topological polar surface area (TPSA) is 146 Å². The van der Waals surface area contributed by atoms with Crippen LogP contribution in [0.2, 0.25) is 0 Å². The van der Waals surface area contributed by atoms with Gasteiger partial charge in [-0.1, -0.05) is 88.4 Å². The van der Waals surface area contributed by atoms with Crippen LogP contribution in [-0.4, -0.2) is 76.7 Å². The largest absolute Gasteiger partial charge is 0.444 e. The molecule has 4 N–H and O–H groups in total. The zero-order valence-electron chi connectivity index (χ0n) is 30.3. The minimum absolute atomic E-state index is 0.0747. The van der Waals surface area contributed by atoms with Crippen molar-refractivity contribution in [1.82, 2.24) is 30.8 Å². The van der Waals surface area contributed by atoms with Crippen LogP contribution in [0.1, 0.15) is 66.7 Å². The molecule has 0 radical (unpaired) electrons. The van der Waals surface area contributed by atoms with Crippen molar-refractivity contribution in [3.63, 3.8) is 0 Å². The Morgan fingerprint density at radius 2 is 1.61 bits per heavy atom. The van der Waals surface area contributed by atoms with Crippen LogP contribution in [0.5, 0.6) is 0 Å². The summed E-state index contributed by atoms with van der Waals surface area (Å²) in [6.45, 7) is 8.59. The normalized spacial score (nSPS) is 13.4. The highest BCUT2D eigenvalue weighted by molar-refractivity contribution is 7.09. The Balaban J connectivity index is 0.000000304. The summed E-state index contributed by atoms with van der Waals surface area (Å²) in [5.41, 5.74) is 4.82. The molecule has 0 saturated heterocycles. The predicted octanol–water partition coefficient (Wildman–Crippen LogP) is 6.19. The maximum absolute atomic E-state index is 12.4. The number of thiazole rings is 2. The van der Waals surface area contributed by atoms with Crippen LogP contribution < -0.4 is 16.0 Å². The number of alkyl carbamates (subject to hydrolysis) is 1. The van der Waals surface area contributed by atoms with Crippen molar-refractivity contribution in [1.29, 1.82) is 0 Å². The molecule has 4 atom stereocenters. The van der Waals surface area contributed by atoms with E-state index in [-0.39, 0.29) is 24.6 Å². The summed E-state index contributed by atoms with van der Waals surface area (Å²) in [4.78, 5) is 46.2. The summed E-state index contributed by atoms with van der Waals surface area (Å²) < 4.78 is 5.33. The summed E-state index contributed by atoms with van der Waals surface area (Å²) in [5, 5.41) is 22.9. The molecule has 0 spiro atoms. The number of aliphatic hydroxyl groups is 1. The molecule has 51 heavy (non-hydrogen) atoms. The number of aliphatic hydroxyl groups excluding tert-OH is 1. The number of hydrogen-bond acceptors (Lipinski definition) is 10. The summed E-state index contributed by atoms with van der Waals surface area (Å²) in [6, 6.07) is 18.9. The van der Waals surface area contributed by atoms with E-state index in [1.807, 2.05) is 74.8 Å². The zero-order chi connectivity index (χ0) is 37.2. The standard InChI is InChI=1S/C24H29N3O3S.C14H23N3O2S/c1-25-20(12-18-8-4-2-5-9-18)14-23(28)22(13-19-10-6-3-7-11-19)27-24(29)30-16-21-15-26-17-31-21;1-9(2)12(7-18)16-14(19)17(5)6-11-8-20-13(15-11)10(3)4/h2-11,15,17,20,22-23,25,28H,12-14,16H2,1H3,(H,27,29);7-10,12H,6H2,1-5H3,(H,16,19)/t20-,22-,23-;/m0./s1. The van der Waals surface area contributed by atoms with Crippen LogP contribution in [-0.2, 0) is 35.5 Å². The molecule has 4 rings (SSSR count). The summed E-state index contributed by atoms with van der Waals surface area (Å²) in [5.74, 6) is 0.477. The number of hydrogen-bond donors (Lipinski definition) is 4. The van der Waals surface area contributed by atoms with Crippen molar-refractivity contribution in [3.8, 4) is 0 Å². The SMILES string of the molecule is CC(C)c1nc(CN(C)C(=O)NC(C=O)C(C)C)cs1.CN[C@@H](Cc1ccccc1)C[C@H](O)[C@H](Cc1ccccc1)NC(=O)OCc1cncs1. The van der Waals surface area contributed by atoms with E-state index in [0.29, 0.717) is 25.3 Å². The van der Waals surface area contributed by atoms with Gasteiger partial charge in [0.15, 0.2) is 0 Å².